The van der Waals surface area contributed by atoms with Crippen molar-refractivity contribution in [2.75, 3.05) is 5.32 Å². The van der Waals surface area contributed by atoms with E-state index in [4.69, 9.17) is 18.0 Å². The number of hydrogen-bond donors (Lipinski definition) is 2. The summed E-state index contributed by atoms with van der Waals surface area (Å²) in [5.41, 5.74) is 8.15. The van der Waals surface area contributed by atoms with Crippen molar-refractivity contribution < 1.29 is 0 Å². The number of rotatable bonds is 3. The van der Waals surface area contributed by atoms with Gasteiger partial charge in [0, 0.05) is 20.3 Å². The molecule has 2 aromatic rings. The normalized spacial score (nSPS) is 10.5. The number of thiocarbonyl (C=S) groups is 1. The molecule has 6 nitrogen and oxygen atoms in total. The molecule has 0 spiro atoms. The molecule has 0 radical (unpaired) electrons. The maximum atomic E-state index is 5.70. The van der Waals surface area contributed by atoms with Crippen molar-refractivity contribution in [3.8, 4) is 0 Å². The lowest BCUT2D eigenvalue weighted by Crippen LogP contribution is -2.12. The molecule has 2 aromatic heterocycles. The molecule has 3 N–H and O–H groups in total. The lowest BCUT2D eigenvalue weighted by atomic mass is 10.2. The van der Waals surface area contributed by atoms with Crippen molar-refractivity contribution in [1.29, 1.82) is 0 Å². The molecule has 17 heavy (non-hydrogen) atoms. The van der Waals surface area contributed by atoms with Crippen LogP contribution in [0.15, 0.2) is 12.4 Å². The van der Waals surface area contributed by atoms with Gasteiger partial charge in [0.25, 0.3) is 0 Å². The van der Waals surface area contributed by atoms with Gasteiger partial charge >= 0.3 is 0 Å². The summed E-state index contributed by atoms with van der Waals surface area (Å²) >= 11 is 5.04. The standard InChI is InChI=1S/C10H14N6S/c1-6-8(9(11)17)10(16(3)14-6)13-7-4-12-15(2)5-7/h4-5,13H,1-3H3,(H2,11,17). The van der Waals surface area contributed by atoms with Gasteiger partial charge in [-0.3, -0.25) is 9.36 Å². The monoisotopic (exact) mass is 250 g/mol. The largest absolute Gasteiger partial charge is 0.389 e. The van der Waals surface area contributed by atoms with Crippen molar-refractivity contribution in [2.45, 2.75) is 6.92 Å². The third-order valence-corrected chi connectivity index (χ3v) is 2.64. The van der Waals surface area contributed by atoms with Crippen molar-refractivity contribution >= 4 is 28.7 Å². The van der Waals surface area contributed by atoms with Crippen molar-refractivity contribution in [3.05, 3.63) is 23.7 Å². The molecule has 2 rings (SSSR count). The highest BCUT2D eigenvalue weighted by Crippen LogP contribution is 2.22. The van der Waals surface area contributed by atoms with E-state index < -0.39 is 0 Å². The minimum Gasteiger partial charge on any atom is -0.389 e. The highest BCUT2D eigenvalue weighted by Gasteiger charge is 2.15. The summed E-state index contributed by atoms with van der Waals surface area (Å²) < 4.78 is 3.43. The van der Waals surface area contributed by atoms with E-state index in [0.717, 1.165) is 22.8 Å². The third kappa shape index (κ3) is 2.14. The zero-order valence-corrected chi connectivity index (χ0v) is 10.7. The van der Waals surface area contributed by atoms with Gasteiger partial charge in [0.2, 0.25) is 0 Å². The number of nitrogens with one attached hydrogen (secondary N) is 1. The molecule has 0 aliphatic rings. The number of aromatic nitrogens is 4. The summed E-state index contributed by atoms with van der Waals surface area (Å²) in [7, 11) is 3.70. The molecule has 0 saturated carbocycles. The van der Waals surface area contributed by atoms with Gasteiger partial charge in [0.15, 0.2) is 0 Å². The van der Waals surface area contributed by atoms with Crippen LogP contribution in [0.5, 0.6) is 0 Å². The van der Waals surface area contributed by atoms with E-state index in [9.17, 15) is 0 Å². The first-order chi connectivity index (χ1) is 7.99. The number of aryl methyl sites for hydroxylation is 3. The van der Waals surface area contributed by atoms with Crippen molar-refractivity contribution in [3.63, 3.8) is 0 Å². The summed E-state index contributed by atoms with van der Waals surface area (Å²) in [5.74, 6) is 0.781. The second kappa shape index (κ2) is 4.17. The zero-order valence-electron chi connectivity index (χ0n) is 9.93. The van der Waals surface area contributed by atoms with Crippen LogP contribution in [0.3, 0.4) is 0 Å². The Bertz CT molecular complexity index is 567. The van der Waals surface area contributed by atoms with Crippen LogP contribution in [0.1, 0.15) is 11.3 Å². The number of hydrogen-bond acceptors (Lipinski definition) is 4. The second-order valence-corrected chi connectivity index (χ2v) is 4.26. The molecule has 0 aromatic carbocycles. The van der Waals surface area contributed by atoms with Gasteiger partial charge in [-0.05, 0) is 6.92 Å². The van der Waals surface area contributed by atoms with Gasteiger partial charge < -0.3 is 11.1 Å². The van der Waals surface area contributed by atoms with Crippen LogP contribution in [0.25, 0.3) is 0 Å². The molecular formula is C10H14N6S. The minimum atomic E-state index is 0.335. The average molecular weight is 250 g/mol. The van der Waals surface area contributed by atoms with Gasteiger partial charge in [-0.2, -0.15) is 10.2 Å². The number of nitrogens with zero attached hydrogens (tertiary/aromatic N) is 4. The van der Waals surface area contributed by atoms with E-state index in [1.54, 1.807) is 15.6 Å². The molecule has 0 saturated heterocycles. The third-order valence-electron chi connectivity index (χ3n) is 2.44. The minimum absolute atomic E-state index is 0.335. The maximum Gasteiger partial charge on any atom is 0.139 e. The molecule has 0 aliphatic carbocycles. The lowest BCUT2D eigenvalue weighted by Gasteiger charge is -2.06. The Morgan fingerprint density at radius 3 is 2.71 bits per heavy atom. The Balaban J connectivity index is 2.41. The zero-order chi connectivity index (χ0) is 12.6. The Morgan fingerprint density at radius 1 is 1.47 bits per heavy atom. The van der Waals surface area contributed by atoms with E-state index in [0.29, 0.717) is 4.99 Å². The highest BCUT2D eigenvalue weighted by molar-refractivity contribution is 7.80. The molecule has 0 amide bonds. The molecule has 0 bridgehead atoms. The first kappa shape index (κ1) is 11.6. The van der Waals surface area contributed by atoms with Crippen LogP contribution < -0.4 is 11.1 Å². The summed E-state index contributed by atoms with van der Waals surface area (Å²) in [4.78, 5) is 0.335. The number of nitrogens with two attached hydrogens (primary N) is 1. The molecule has 0 fully saturated rings. The smallest absolute Gasteiger partial charge is 0.139 e. The van der Waals surface area contributed by atoms with E-state index in [1.165, 1.54) is 0 Å². The van der Waals surface area contributed by atoms with Gasteiger partial charge in [-0.25, -0.2) is 0 Å². The van der Waals surface area contributed by atoms with Crippen molar-refractivity contribution in [2.24, 2.45) is 19.8 Å². The summed E-state index contributed by atoms with van der Waals surface area (Å²) in [6, 6.07) is 0. The quantitative estimate of drug-likeness (QED) is 0.790. The topological polar surface area (TPSA) is 73.7 Å². The molecular weight excluding hydrogens is 236 g/mol. The lowest BCUT2D eigenvalue weighted by molar-refractivity contribution is 0.763. The first-order valence-corrected chi connectivity index (χ1v) is 5.49. The predicted octanol–water partition coefficient (Wildman–Crippen LogP) is 0.840. The van der Waals surface area contributed by atoms with Crippen LogP contribution in [0.4, 0.5) is 11.5 Å². The fourth-order valence-electron chi connectivity index (χ4n) is 1.72. The average Bonchev–Trinajstić information content (AvgIpc) is 2.72. The van der Waals surface area contributed by atoms with E-state index in [-0.39, 0.29) is 0 Å². The van der Waals surface area contributed by atoms with Gasteiger partial charge in [0.05, 0.1) is 23.1 Å². The van der Waals surface area contributed by atoms with E-state index in [2.05, 4.69) is 15.5 Å². The molecule has 0 unspecified atom stereocenters. The molecule has 0 aliphatic heterocycles. The summed E-state index contributed by atoms with van der Waals surface area (Å²) in [6.45, 7) is 1.88. The van der Waals surface area contributed by atoms with E-state index >= 15 is 0 Å². The fourth-order valence-corrected chi connectivity index (χ4v) is 1.96. The second-order valence-electron chi connectivity index (χ2n) is 3.82. The summed E-state index contributed by atoms with van der Waals surface area (Å²) in [5, 5.41) is 11.6. The Labute approximate surface area is 104 Å². The SMILES string of the molecule is Cc1nn(C)c(Nc2cnn(C)c2)c1C(N)=S. The van der Waals surface area contributed by atoms with Gasteiger partial charge in [0.1, 0.15) is 10.8 Å². The van der Waals surface area contributed by atoms with Crippen molar-refractivity contribution in [1.82, 2.24) is 19.6 Å². The number of anilines is 2. The van der Waals surface area contributed by atoms with Crippen LogP contribution in [-0.4, -0.2) is 24.5 Å². The highest BCUT2D eigenvalue weighted by atomic mass is 32.1. The predicted molar refractivity (Wildman–Crippen MR) is 70.3 cm³/mol. The fraction of sp³-hybridized carbons (Fsp3) is 0.300. The maximum absolute atomic E-state index is 5.70. The first-order valence-electron chi connectivity index (χ1n) is 5.08. The van der Waals surface area contributed by atoms with Crippen LogP contribution >= 0.6 is 12.2 Å². The van der Waals surface area contributed by atoms with Gasteiger partial charge in [-0.15, -0.1) is 0 Å². The van der Waals surface area contributed by atoms with Crippen LogP contribution in [0.2, 0.25) is 0 Å². The van der Waals surface area contributed by atoms with Gasteiger partial charge in [-0.1, -0.05) is 12.2 Å². The molecule has 90 valence electrons. The molecule has 7 heteroatoms. The Morgan fingerprint density at radius 2 is 2.18 bits per heavy atom. The molecule has 2 heterocycles. The van der Waals surface area contributed by atoms with E-state index in [1.807, 2.05) is 27.2 Å². The molecule has 0 atom stereocenters. The summed E-state index contributed by atoms with van der Waals surface area (Å²) in [6.07, 6.45) is 3.59. The Hall–Kier alpha value is -1.89. The Kier molecular flexibility index (Phi) is 2.84. The van der Waals surface area contributed by atoms with Crippen LogP contribution in [0, 0.1) is 6.92 Å². The van der Waals surface area contributed by atoms with Crippen LogP contribution in [-0.2, 0) is 14.1 Å².